The Hall–Kier alpha value is -3.89. The largest absolute Gasteiger partial charge is 0.493 e. The first-order chi connectivity index (χ1) is 17.3. The van der Waals surface area contributed by atoms with Crippen LogP contribution in [-0.4, -0.2) is 52.7 Å². The van der Waals surface area contributed by atoms with Crippen molar-refractivity contribution in [2.45, 2.75) is 18.4 Å². The molecule has 0 aliphatic carbocycles. The van der Waals surface area contributed by atoms with Gasteiger partial charge in [0.15, 0.2) is 11.5 Å². The molecule has 10 heteroatoms. The number of ether oxygens (including phenoxy) is 3. The van der Waals surface area contributed by atoms with E-state index in [9.17, 15) is 13.2 Å². The lowest BCUT2D eigenvalue weighted by atomic mass is 10.1. The van der Waals surface area contributed by atoms with E-state index in [0.29, 0.717) is 22.8 Å². The van der Waals surface area contributed by atoms with Crippen molar-refractivity contribution in [3.63, 3.8) is 0 Å². The Kier molecular flexibility index (Phi) is 9.04. The number of nitrogens with one attached hydrogen (secondary N) is 1. The van der Waals surface area contributed by atoms with Crippen LogP contribution >= 0.6 is 0 Å². The van der Waals surface area contributed by atoms with E-state index in [2.05, 4.69) is 10.5 Å². The average Bonchev–Trinajstić information content (AvgIpc) is 2.89. The summed E-state index contributed by atoms with van der Waals surface area (Å²) in [5, 5.41) is 3.98. The first-order valence-corrected chi connectivity index (χ1v) is 12.4. The summed E-state index contributed by atoms with van der Waals surface area (Å²) in [6.07, 6.45) is 1.40. The van der Waals surface area contributed by atoms with E-state index in [4.69, 9.17) is 14.2 Å². The zero-order valence-corrected chi connectivity index (χ0v) is 21.4. The molecule has 0 spiro atoms. The molecule has 9 nitrogen and oxygen atoms in total. The van der Waals surface area contributed by atoms with Gasteiger partial charge in [-0.05, 0) is 36.8 Å². The smallest absolute Gasteiger partial charge is 0.255 e. The van der Waals surface area contributed by atoms with Gasteiger partial charge in [-0.2, -0.15) is 9.41 Å². The summed E-state index contributed by atoms with van der Waals surface area (Å²) < 4.78 is 43.7. The molecule has 3 aromatic carbocycles. The number of amides is 1. The van der Waals surface area contributed by atoms with Gasteiger partial charge in [0, 0.05) is 12.1 Å². The summed E-state index contributed by atoms with van der Waals surface area (Å²) in [4.78, 5) is 12.8. The highest BCUT2D eigenvalue weighted by molar-refractivity contribution is 7.89. The van der Waals surface area contributed by atoms with Crippen molar-refractivity contribution in [1.29, 1.82) is 0 Å². The molecule has 0 bridgehead atoms. The van der Waals surface area contributed by atoms with Gasteiger partial charge in [0.1, 0.15) is 0 Å². The number of hydrogen-bond donors (Lipinski definition) is 1. The summed E-state index contributed by atoms with van der Waals surface area (Å²) >= 11 is 0. The SMILES string of the molecule is COc1cc(/C=N\NC(=O)CN(Cc2ccc(C)cc2)S(=O)(=O)c2ccccc2)cc(OC)c1OC. The van der Waals surface area contributed by atoms with Crippen molar-refractivity contribution < 1.29 is 27.4 Å². The minimum absolute atomic E-state index is 0.0293. The molecule has 1 amide bonds. The minimum atomic E-state index is -3.93. The van der Waals surface area contributed by atoms with E-state index in [-0.39, 0.29) is 11.4 Å². The van der Waals surface area contributed by atoms with Gasteiger partial charge in [0.05, 0.1) is 39.0 Å². The van der Waals surface area contributed by atoms with Crippen LogP contribution in [0.1, 0.15) is 16.7 Å². The Bertz CT molecular complexity index is 1280. The van der Waals surface area contributed by atoms with Gasteiger partial charge in [-0.1, -0.05) is 48.0 Å². The number of nitrogens with zero attached hydrogens (tertiary/aromatic N) is 2. The van der Waals surface area contributed by atoms with Crippen molar-refractivity contribution in [1.82, 2.24) is 9.73 Å². The van der Waals surface area contributed by atoms with Crippen LogP contribution in [0.3, 0.4) is 0 Å². The summed E-state index contributed by atoms with van der Waals surface area (Å²) in [5.41, 5.74) is 4.79. The molecule has 0 saturated heterocycles. The summed E-state index contributed by atoms with van der Waals surface area (Å²) in [6, 6.07) is 18.8. The second-order valence-electron chi connectivity index (χ2n) is 7.82. The Morgan fingerprint density at radius 3 is 2.11 bits per heavy atom. The predicted molar refractivity (Wildman–Crippen MR) is 137 cm³/mol. The van der Waals surface area contributed by atoms with Crippen molar-refractivity contribution in [3.8, 4) is 17.2 Å². The number of rotatable bonds is 11. The number of hydrazone groups is 1. The normalized spacial score (nSPS) is 11.5. The Labute approximate surface area is 211 Å². The van der Waals surface area contributed by atoms with E-state index in [1.807, 2.05) is 31.2 Å². The Morgan fingerprint density at radius 2 is 1.56 bits per heavy atom. The molecule has 0 aliphatic rings. The molecule has 3 rings (SSSR count). The molecule has 1 N–H and O–H groups in total. The molecule has 36 heavy (non-hydrogen) atoms. The number of methoxy groups -OCH3 is 3. The van der Waals surface area contributed by atoms with Gasteiger partial charge in [-0.3, -0.25) is 4.79 Å². The molecule has 190 valence electrons. The second-order valence-corrected chi connectivity index (χ2v) is 9.76. The summed E-state index contributed by atoms with van der Waals surface area (Å²) in [5.74, 6) is 0.704. The zero-order valence-electron chi connectivity index (χ0n) is 20.6. The van der Waals surface area contributed by atoms with Gasteiger partial charge < -0.3 is 14.2 Å². The number of carbonyl (C=O) groups is 1. The molecule has 0 radical (unpaired) electrons. The lowest BCUT2D eigenvalue weighted by molar-refractivity contribution is -0.121. The van der Waals surface area contributed by atoms with Crippen molar-refractivity contribution in [2.24, 2.45) is 5.10 Å². The van der Waals surface area contributed by atoms with Crippen LogP contribution < -0.4 is 19.6 Å². The Morgan fingerprint density at radius 1 is 0.944 bits per heavy atom. The molecule has 0 unspecified atom stereocenters. The third kappa shape index (κ3) is 6.61. The summed E-state index contributed by atoms with van der Waals surface area (Å²) in [6.45, 7) is 1.56. The molecular formula is C26H29N3O6S. The van der Waals surface area contributed by atoms with Gasteiger partial charge in [0.25, 0.3) is 5.91 Å². The van der Waals surface area contributed by atoms with Gasteiger partial charge in [-0.15, -0.1) is 0 Å². The molecule has 3 aromatic rings. The molecule has 0 fully saturated rings. The van der Waals surface area contributed by atoms with Crippen LogP contribution in [0.15, 0.2) is 76.7 Å². The molecule has 0 atom stereocenters. The highest BCUT2D eigenvalue weighted by atomic mass is 32.2. The average molecular weight is 512 g/mol. The van der Waals surface area contributed by atoms with E-state index >= 15 is 0 Å². The van der Waals surface area contributed by atoms with Crippen molar-refractivity contribution in [3.05, 3.63) is 83.4 Å². The molecule has 0 heterocycles. The highest BCUT2D eigenvalue weighted by Crippen LogP contribution is 2.37. The van der Waals surface area contributed by atoms with Gasteiger partial charge in [0.2, 0.25) is 15.8 Å². The Balaban J connectivity index is 1.79. The van der Waals surface area contributed by atoms with Crippen LogP contribution in [0.5, 0.6) is 17.2 Å². The van der Waals surface area contributed by atoms with Crippen LogP contribution in [0.2, 0.25) is 0 Å². The third-order valence-electron chi connectivity index (χ3n) is 5.27. The van der Waals surface area contributed by atoms with Crippen LogP contribution in [0.25, 0.3) is 0 Å². The van der Waals surface area contributed by atoms with Crippen molar-refractivity contribution in [2.75, 3.05) is 27.9 Å². The van der Waals surface area contributed by atoms with Crippen molar-refractivity contribution >= 4 is 22.1 Å². The van der Waals surface area contributed by atoms with E-state index in [0.717, 1.165) is 15.4 Å². The first kappa shape index (κ1) is 26.7. The zero-order chi connectivity index (χ0) is 26.1. The molecule has 0 aromatic heterocycles. The number of hydrogen-bond acceptors (Lipinski definition) is 7. The standard InChI is InChI=1S/C26H29N3O6S/c1-19-10-12-20(13-11-19)17-29(36(31,32)22-8-6-5-7-9-22)18-25(30)28-27-16-21-14-23(33-2)26(35-4)24(15-21)34-3/h5-16H,17-18H2,1-4H3,(H,28,30)/b27-16-. The maximum Gasteiger partial charge on any atom is 0.255 e. The maximum atomic E-state index is 13.3. The van der Waals surface area contributed by atoms with E-state index < -0.39 is 22.5 Å². The van der Waals surface area contributed by atoms with E-state index in [1.165, 1.54) is 39.7 Å². The minimum Gasteiger partial charge on any atom is -0.493 e. The fourth-order valence-electron chi connectivity index (χ4n) is 3.41. The molecule has 0 saturated carbocycles. The van der Waals surface area contributed by atoms with Gasteiger partial charge in [-0.25, -0.2) is 13.8 Å². The highest BCUT2D eigenvalue weighted by Gasteiger charge is 2.26. The third-order valence-corrected chi connectivity index (χ3v) is 7.08. The fraction of sp³-hybridized carbons (Fsp3) is 0.231. The monoisotopic (exact) mass is 511 g/mol. The fourth-order valence-corrected chi connectivity index (χ4v) is 4.82. The first-order valence-electron chi connectivity index (χ1n) is 11.0. The lowest BCUT2D eigenvalue weighted by Gasteiger charge is -2.21. The van der Waals surface area contributed by atoms with Crippen LogP contribution in [0, 0.1) is 6.92 Å². The number of aryl methyl sites for hydroxylation is 1. The summed E-state index contributed by atoms with van der Waals surface area (Å²) in [7, 11) is 0.558. The van der Waals surface area contributed by atoms with Crippen LogP contribution in [0.4, 0.5) is 0 Å². The predicted octanol–water partition coefficient (Wildman–Crippen LogP) is 3.36. The van der Waals surface area contributed by atoms with Gasteiger partial charge >= 0.3 is 0 Å². The quantitative estimate of drug-likeness (QED) is 0.313. The maximum absolute atomic E-state index is 13.3. The molecular weight excluding hydrogens is 482 g/mol. The topological polar surface area (TPSA) is 107 Å². The number of benzene rings is 3. The number of carbonyl (C=O) groups excluding carboxylic acids is 1. The van der Waals surface area contributed by atoms with Crippen LogP contribution in [-0.2, 0) is 21.4 Å². The lowest BCUT2D eigenvalue weighted by Crippen LogP contribution is -2.39. The molecule has 0 aliphatic heterocycles. The second kappa shape index (κ2) is 12.2. The number of sulfonamides is 1. The van der Waals surface area contributed by atoms with E-state index in [1.54, 1.807) is 30.3 Å².